The van der Waals surface area contributed by atoms with Crippen molar-refractivity contribution in [1.29, 1.82) is 0 Å². The van der Waals surface area contributed by atoms with E-state index in [0.29, 0.717) is 21.8 Å². The fraction of sp³-hybridized carbons (Fsp3) is 0.174. The van der Waals surface area contributed by atoms with Gasteiger partial charge in [0.2, 0.25) is 0 Å². The molecule has 0 aromatic heterocycles. The predicted octanol–water partition coefficient (Wildman–Crippen LogP) is 4.75. The van der Waals surface area contributed by atoms with Crippen LogP contribution in [0.1, 0.15) is 18.1 Å². The van der Waals surface area contributed by atoms with Crippen LogP contribution in [0, 0.1) is 10.1 Å². The first-order valence-electron chi connectivity index (χ1n) is 9.97. The lowest BCUT2D eigenvalue weighted by molar-refractivity contribution is -0.384. The van der Waals surface area contributed by atoms with Crippen molar-refractivity contribution in [2.24, 2.45) is 0 Å². The zero-order valence-electron chi connectivity index (χ0n) is 17.7. The lowest BCUT2D eigenvalue weighted by Gasteiger charge is -2.25. The molecule has 0 amide bonds. The summed E-state index contributed by atoms with van der Waals surface area (Å²) < 4.78 is 33.1. The molecule has 0 radical (unpaired) electrons. The Morgan fingerprint density at radius 3 is 2.09 bits per heavy atom. The van der Waals surface area contributed by atoms with Crippen molar-refractivity contribution in [2.75, 3.05) is 10.9 Å². The maximum Gasteiger partial charge on any atom is 0.310 e. The predicted molar refractivity (Wildman–Crippen MR) is 125 cm³/mol. The summed E-state index contributed by atoms with van der Waals surface area (Å²) in [7, 11) is -4.06. The summed E-state index contributed by atoms with van der Waals surface area (Å²) in [5.41, 5.74) is 1.54. The van der Waals surface area contributed by atoms with Gasteiger partial charge in [0, 0.05) is 17.2 Å². The second kappa shape index (κ2) is 10.5. The molecule has 172 valence electrons. The van der Waals surface area contributed by atoms with Gasteiger partial charge in [-0.1, -0.05) is 35.9 Å². The number of carbonyl (C=O) groups excluding carboxylic acids is 1. The van der Waals surface area contributed by atoms with Gasteiger partial charge in [0.15, 0.2) is 0 Å². The topological polar surface area (TPSA) is 107 Å². The summed E-state index contributed by atoms with van der Waals surface area (Å²) in [5.74, 6) is -0.373. The first-order chi connectivity index (χ1) is 15.7. The molecule has 0 atom stereocenters. The van der Waals surface area contributed by atoms with Gasteiger partial charge in [-0.3, -0.25) is 19.2 Å². The van der Waals surface area contributed by atoms with E-state index in [-0.39, 0.29) is 36.1 Å². The van der Waals surface area contributed by atoms with Crippen LogP contribution in [0.5, 0.6) is 0 Å². The molecule has 10 heteroatoms. The fourth-order valence-electron chi connectivity index (χ4n) is 3.10. The van der Waals surface area contributed by atoms with E-state index in [1.165, 1.54) is 16.4 Å². The van der Waals surface area contributed by atoms with E-state index in [1.807, 2.05) is 0 Å². The summed E-state index contributed by atoms with van der Waals surface area (Å²) in [4.78, 5) is 22.0. The third-order valence-electron chi connectivity index (χ3n) is 4.75. The summed E-state index contributed by atoms with van der Waals surface area (Å²) in [6.45, 7) is 2.01. The van der Waals surface area contributed by atoms with Crippen LogP contribution in [0.4, 0.5) is 11.4 Å². The van der Waals surface area contributed by atoms with Crippen LogP contribution >= 0.6 is 11.6 Å². The number of anilines is 1. The Balaban J connectivity index is 1.97. The lowest BCUT2D eigenvalue weighted by atomic mass is 10.1. The highest BCUT2D eigenvalue weighted by Crippen LogP contribution is 2.28. The zero-order chi connectivity index (χ0) is 24.0. The number of nitro groups is 1. The number of ether oxygens (including phenoxy) is 1. The minimum absolute atomic E-state index is 0.00765. The molecule has 3 aromatic rings. The largest absolute Gasteiger partial charge is 0.466 e. The molecule has 0 fully saturated rings. The summed E-state index contributed by atoms with van der Waals surface area (Å²) >= 11 is 5.95. The van der Waals surface area contributed by atoms with Crippen LogP contribution in [0.2, 0.25) is 5.02 Å². The quantitative estimate of drug-likeness (QED) is 0.244. The van der Waals surface area contributed by atoms with Gasteiger partial charge in [-0.15, -0.1) is 0 Å². The Bertz CT molecular complexity index is 1230. The van der Waals surface area contributed by atoms with Crippen LogP contribution < -0.4 is 4.31 Å². The van der Waals surface area contributed by atoms with Gasteiger partial charge in [0.1, 0.15) is 0 Å². The number of halogens is 1. The molecule has 33 heavy (non-hydrogen) atoms. The number of non-ortho nitro benzene ring substituents is 1. The Morgan fingerprint density at radius 2 is 1.55 bits per heavy atom. The molecule has 3 rings (SSSR count). The minimum Gasteiger partial charge on any atom is -0.466 e. The summed E-state index contributed by atoms with van der Waals surface area (Å²) in [6.07, 6.45) is 0.0698. The standard InChI is InChI=1S/C23H21ClN2O6S/c1-2-32-23(27)15-17-5-9-20(10-6-17)25(16-18-3-7-19(24)8-4-18)33(30,31)22-13-11-21(12-14-22)26(28)29/h3-14H,2,15-16H2,1H3. The highest BCUT2D eigenvalue weighted by atomic mass is 35.5. The number of carbonyl (C=O) groups is 1. The van der Waals surface area contributed by atoms with Crippen molar-refractivity contribution < 1.29 is 22.9 Å². The number of nitrogens with zero attached hydrogens (tertiary/aromatic N) is 2. The molecule has 0 heterocycles. The van der Waals surface area contributed by atoms with E-state index in [2.05, 4.69) is 0 Å². The van der Waals surface area contributed by atoms with Crippen molar-refractivity contribution in [3.8, 4) is 0 Å². The third kappa shape index (κ3) is 6.09. The van der Waals surface area contributed by atoms with Crippen molar-refractivity contribution >= 4 is 39.0 Å². The third-order valence-corrected chi connectivity index (χ3v) is 6.79. The van der Waals surface area contributed by atoms with Crippen LogP contribution in [-0.2, 0) is 32.5 Å². The molecular formula is C23H21ClN2O6S. The monoisotopic (exact) mass is 488 g/mol. The summed E-state index contributed by atoms with van der Waals surface area (Å²) in [5, 5.41) is 11.5. The van der Waals surface area contributed by atoms with Gasteiger partial charge in [-0.2, -0.15) is 0 Å². The highest BCUT2D eigenvalue weighted by Gasteiger charge is 2.26. The van der Waals surface area contributed by atoms with Crippen LogP contribution in [0.15, 0.2) is 77.7 Å². The number of esters is 1. The molecule has 0 aliphatic heterocycles. The Morgan fingerprint density at radius 1 is 0.970 bits per heavy atom. The number of hydrogen-bond donors (Lipinski definition) is 0. The SMILES string of the molecule is CCOC(=O)Cc1ccc(N(Cc2ccc(Cl)cc2)S(=O)(=O)c2ccc([N+](=O)[O-])cc2)cc1. The van der Waals surface area contributed by atoms with Gasteiger partial charge in [0.05, 0.1) is 35.1 Å². The van der Waals surface area contributed by atoms with E-state index in [4.69, 9.17) is 16.3 Å². The number of nitro benzene ring substituents is 1. The number of hydrogen-bond acceptors (Lipinski definition) is 6. The zero-order valence-corrected chi connectivity index (χ0v) is 19.3. The molecule has 0 aliphatic carbocycles. The van der Waals surface area contributed by atoms with Crippen molar-refractivity contribution in [3.63, 3.8) is 0 Å². The molecule has 0 bridgehead atoms. The summed E-state index contributed by atoms with van der Waals surface area (Å²) in [6, 6.07) is 18.0. The van der Waals surface area contributed by atoms with Gasteiger partial charge < -0.3 is 4.74 Å². The van der Waals surface area contributed by atoms with E-state index in [9.17, 15) is 23.3 Å². The van der Waals surface area contributed by atoms with E-state index in [1.54, 1.807) is 55.5 Å². The lowest BCUT2D eigenvalue weighted by Crippen LogP contribution is -2.30. The van der Waals surface area contributed by atoms with Crippen molar-refractivity contribution in [3.05, 3.63) is 99.1 Å². The average Bonchev–Trinajstić information content (AvgIpc) is 2.79. The van der Waals surface area contributed by atoms with Gasteiger partial charge in [0.25, 0.3) is 15.7 Å². The molecule has 8 nitrogen and oxygen atoms in total. The van der Waals surface area contributed by atoms with Crippen LogP contribution in [0.25, 0.3) is 0 Å². The van der Waals surface area contributed by atoms with E-state index >= 15 is 0 Å². The normalized spacial score (nSPS) is 11.1. The maximum absolute atomic E-state index is 13.5. The number of sulfonamides is 1. The second-order valence-corrected chi connectivity index (χ2v) is 9.34. The molecule has 0 unspecified atom stereocenters. The fourth-order valence-corrected chi connectivity index (χ4v) is 4.68. The Labute approximate surface area is 196 Å². The molecule has 3 aromatic carbocycles. The number of benzene rings is 3. The average molecular weight is 489 g/mol. The first-order valence-corrected chi connectivity index (χ1v) is 11.8. The first kappa shape index (κ1) is 24.2. The molecule has 0 saturated carbocycles. The van der Waals surface area contributed by atoms with Gasteiger partial charge >= 0.3 is 5.97 Å². The molecule has 0 N–H and O–H groups in total. The van der Waals surface area contributed by atoms with Crippen LogP contribution in [-0.4, -0.2) is 25.9 Å². The second-order valence-electron chi connectivity index (χ2n) is 7.04. The Hall–Kier alpha value is -3.43. The van der Waals surface area contributed by atoms with Gasteiger partial charge in [-0.05, 0) is 54.4 Å². The molecular weight excluding hydrogens is 468 g/mol. The molecule has 0 saturated heterocycles. The molecule has 0 aliphatic rings. The maximum atomic E-state index is 13.5. The highest BCUT2D eigenvalue weighted by molar-refractivity contribution is 7.92. The van der Waals surface area contributed by atoms with Gasteiger partial charge in [-0.25, -0.2) is 8.42 Å². The molecule has 0 spiro atoms. The Kier molecular flexibility index (Phi) is 7.67. The smallest absolute Gasteiger partial charge is 0.310 e. The van der Waals surface area contributed by atoms with E-state index < -0.39 is 14.9 Å². The van der Waals surface area contributed by atoms with E-state index in [0.717, 1.165) is 12.1 Å². The van der Waals surface area contributed by atoms with Crippen molar-refractivity contribution in [2.45, 2.75) is 24.8 Å². The number of rotatable bonds is 9. The van der Waals surface area contributed by atoms with Crippen molar-refractivity contribution in [1.82, 2.24) is 0 Å². The minimum atomic E-state index is -4.06. The van der Waals surface area contributed by atoms with Crippen LogP contribution in [0.3, 0.4) is 0 Å².